The lowest BCUT2D eigenvalue weighted by atomic mass is 9.40. The van der Waals surface area contributed by atoms with E-state index in [1.54, 1.807) is 32.1 Å². The number of nitrogens with one attached hydrogen (secondary N) is 1. The Morgan fingerprint density at radius 2 is 1.70 bits per heavy atom. The molecule has 2 aromatic heterocycles. The van der Waals surface area contributed by atoms with Crippen LogP contribution in [0, 0.1) is 41.9 Å². The lowest BCUT2D eigenvalue weighted by molar-refractivity contribution is -0.0665. The van der Waals surface area contributed by atoms with Crippen LogP contribution in [0.2, 0.25) is 0 Å². The number of halogens is 4. The molecule has 0 radical (unpaired) electrons. The minimum absolute atomic E-state index is 0.124. The Bertz CT molecular complexity index is 1570. The Morgan fingerprint density at radius 3 is 2.24 bits per heavy atom. The number of anilines is 1. The first-order valence-corrected chi connectivity index (χ1v) is 11.2. The van der Waals surface area contributed by atoms with Gasteiger partial charge in [0.05, 0.1) is 17.6 Å². The lowest BCUT2D eigenvalue weighted by Crippen LogP contribution is -2.70. The number of imidazole rings is 1. The molecule has 3 aliphatic carbocycles. The standard InChI is InChI=1S/C24H19F4N7O2/c1-12-6-14(4-3-5-29)7-13(2)16(12)37-18-15-17(35(20(27)28)22(36)34(15)19(25)26)31-21(32-18)33-24-8-23(9-24,10-24)11-30/h3-4,6-7,19-20H,8-10H2,1-2H3,(H,31,32,33)/b4-3+. The van der Waals surface area contributed by atoms with Crippen LogP contribution in [0.4, 0.5) is 23.5 Å². The molecule has 3 saturated carbocycles. The van der Waals surface area contributed by atoms with Crippen molar-refractivity contribution in [2.45, 2.75) is 51.7 Å². The number of aromatic nitrogens is 4. The van der Waals surface area contributed by atoms with Crippen LogP contribution in [0.15, 0.2) is 23.0 Å². The minimum Gasteiger partial charge on any atom is -0.436 e. The summed E-state index contributed by atoms with van der Waals surface area (Å²) in [4.78, 5) is 20.8. The van der Waals surface area contributed by atoms with Gasteiger partial charge in [0.2, 0.25) is 5.95 Å². The van der Waals surface area contributed by atoms with E-state index in [9.17, 15) is 27.6 Å². The van der Waals surface area contributed by atoms with Gasteiger partial charge < -0.3 is 10.1 Å². The van der Waals surface area contributed by atoms with Gasteiger partial charge >= 0.3 is 18.8 Å². The van der Waals surface area contributed by atoms with Crippen LogP contribution >= 0.6 is 0 Å². The third kappa shape index (κ3) is 3.78. The highest BCUT2D eigenvalue weighted by molar-refractivity contribution is 5.80. The summed E-state index contributed by atoms with van der Waals surface area (Å²) in [5.41, 5.74) is -2.21. The normalized spacial score (nSPS) is 22.1. The van der Waals surface area contributed by atoms with Crippen molar-refractivity contribution >= 4 is 23.2 Å². The molecule has 0 aliphatic heterocycles. The zero-order valence-corrected chi connectivity index (χ0v) is 19.6. The average Bonchev–Trinajstić information content (AvgIpc) is 3.08. The molecule has 37 heavy (non-hydrogen) atoms. The number of ether oxygens (including phenoxy) is 1. The van der Waals surface area contributed by atoms with Crippen molar-refractivity contribution in [2.75, 3.05) is 5.32 Å². The zero-order chi connectivity index (χ0) is 26.7. The Kier molecular flexibility index (Phi) is 5.48. The molecule has 190 valence electrons. The van der Waals surface area contributed by atoms with E-state index < -0.39 is 46.8 Å². The van der Waals surface area contributed by atoms with Crippen LogP contribution in [0.5, 0.6) is 11.6 Å². The molecular weight excluding hydrogens is 494 g/mol. The van der Waals surface area contributed by atoms with Gasteiger partial charge in [-0.1, -0.05) is 0 Å². The molecule has 3 aliphatic rings. The summed E-state index contributed by atoms with van der Waals surface area (Å²) in [6, 6.07) is 7.50. The third-order valence-corrected chi connectivity index (χ3v) is 6.78. The molecule has 0 atom stereocenters. The second-order valence-corrected chi connectivity index (χ2v) is 9.48. The number of nitrogens with zero attached hydrogens (tertiary/aromatic N) is 6. The molecule has 3 aromatic rings. The van der Waals surface area contributed by atoms with Crippen LogP contribution in [0.25, 0.3) is 17.2 Å². The van der Waals surface area contributed by atoms with Crippen molar-refractivity contribution < 1.29 is 22.3 Å². The molecule has 1 aromatic carbocycles. The van der Waals surface area contributed by atoms with Gasteiger partial charge in [-0.2, -0.15) is 38.1 Å². The van der Waals surface area contributed by atoms with Gasteiger partial charge in [0.1, 0.15) is 5.75 Å². The van der Waals surface area contributed by atoms with Crippen molar-refractivity contribution in [1.29, 1.82) is 10.5 Å². The molecule has 6 rings (SSSR count). The van der Waals surface area contributed by atoms with Crippen molar-refractivity contribution in [3.8, 4) is 23.8 Å². The van der Waals surface area contributed by atoms with Crippen LogP contribution in [0.3, 0.4) is 0 Å². The highest BCUT2D eigenvalue weighted by Crippen LogP contribution is 2.67. The number of nitriles is 2. The van der Waals surface area contributed by atoms with Crippen molar-refractivity contribution in [2.24, 2.45) is 5.41 Å². The minimum atomic E-state index is -3.46. The number of aryl methyl sites for hydroxylation is 2. The molecule has 0 unspecified atom stereocenters. The molecule has 2 heterocycles. The second-order valence-electron chi connectivity index (χ2n) is 9.48. The smallest absolute Gasteiger partial charge is 0.339 e. The second kappa shape index (κ2) is 8.34. The van der Waals surface area contributed by atoms with Gasteiger partial charge in [0, 0.05) is 11.6 Å². The summed E-state index contributed by atoms with van der Waals surface area (Å²) in [5, 5.41) is 21.1. The van der Waals surface area contributed by atoms with Crippen molar-refractivity contribution in [3.63, 3.8) is 0 Å². The Hall–Kier alpha value is -4.39. The van der Waals surface area contributed by atoms with Gasteiger partial charge in [0.15, 0.2) is 11.2 Å². The average molecular weight is 513 g/mol. The van der Waals surface area contributed by atoms with E-state index in [1.165, 1.54) is 6.08 Å². The van der Waals surface area contributed by atoms with Gasteiger partial charge in [-0.05, 0) is 68.0 Å². The van der Waals surface area contributed by atoms with E-state index in [1.807, 2.05) is 6.07 Å². The molecule has 0 spiro atoms. The molecule has 9 nitrogen and oxygen atoms in total. The fourth-order valence-corrected chi connectivity index (χ4v) is 5.34. The van der Waals surface area contributed by atoms with Gasteiger partial charge in [-0.25, -0.2) is 13.9 Å². The van der Waals surface area contributed by atoms with Gasteiger partial charge in [-0.3, -0.25) is 0 Å². The van der Waals surface area contributed by atoms with E-state index in [-0.39, 0.29) is 20.8 Å². The summed E-state index contributed by atoms with van der Waals surface area (Å²) >= 11 is 0. The van der Waals surface area contributed by atoms with E-state index in [0.29, 0.717) is 36.0 Å². The fraction of sp³-hybridized carbons (Fsp3) is 0.375. The Labute approximate surface area is 207 Å². The summed E-state index contributed by atoms with van der Waals surface area (Å²) < 4.78 is 61.2. The summed E-state index contributed by atoms with van der Waals surface area (Å²) in [6.45, 7) is -3.56. The number of hydrogen-bond donors (Lipinski definition) is 1. The maximum Gasteiger partial charge on any atom is 0.339 e. The molecule has 13 heteroatoms. The maximum atomic E-state index is 13.9. The summed E-state index contributed by atoms with van der Waals surface area (Å²) in [6.07, 6.45) is 4.37. The topological polar surface area (TPSA) is 122 Å². The van der Waals surface area contributed by atoms with Crippen LogP contribution in [0.1, 0.15) is 49.1 Å². The fourth-order valence-electron chi connectivity index (χ4n) is 5.34. The number of rotatable bonds is 7. The largest absolute Gasteiger partial charge is 0.436 e. The van der Waals surface area contributed by atoms with E-state index in [2.05, 4.69) is 21.4 Å². The molecule has 0 amide bonds. The first-order valence-electron chi connectivity index (χ1n) is 11.2. The van der Waals surface area contributed by atoms with Crippen LogP contribution in [-0.2, 0) is 0 Å². The zero-order valence-electron chi connectivity index (χ0n) is 19.6. The third-order valence-electron chi connectivity index (χ3n) is 6.78. The number of hydrogen-bond acceptors (Lipinski definition) is 7. The molecule has 0 saturated heterocycles. The highest BCUT2D eigenvalue weighted by atomic mass is 19.3. The van der Waals surface area contributed by atoms with Crippen LogP contribution in [-0.4, -0.2) is 24.6 Å². The van der Waals surface area contributed by atoms with E-state index >= 15 is 0 Å². The molecule has 3 fully saturated rings. The first kappa shape index (κ1) is 24.3. The quantitative estimate of drug-likeness (QED) is 0.341. The monoisotopic (exact) mass is 513 g/mol. The predicted octanol–water partition coefficient (Wildman–Crippen LogP) is 5.19. The molecular formula is C24H19F4N7O2. The van der Waals surface area contributed by atoms with E-state index in [4.69, 9.17) is 10.00 Å². The van der Waals surface area contributed by atoms with Gasteiger partial charge in [-0.15, -0.1) is 0 Å². The Balaban J connectivity index is 1.66. The predicted molar refractivity (Wildman–Crippen MR) is 123 cm³/mol. The van der Waals surface area contributed by atoms with Crippen LogP contribution < -0.4 is 15.7 Å². The summed E-state index contributed by atoms with van der Waals surface area (Å²) in [7, 11) is 0. The number of alkyl halides is 4. The molecule has 1 N–H and O–H groups in total. The number of allylic oxidation sites excluding steroid dienone is 1. The van der Waals surface area contributed by atoms with Gasteiger partial charge in [0.25, 0.3) is 5.88 Å². The van der Waals surface area contributed by atoms with E-state index in [0.717, 1.165) is 0 Å². The molecule has 2 bridgehead atoms. The SMILES string of the molecule is Cc1cc(/C=C/C#N)cc(C)c1Oc1nc(NC23CC(C#N)(C2)C3)nc2c1n(C(F)F)c(=O)n2C(F)F. The number of benzene rings is 1. The maximum absolute atomic E-state index is 13.9. The van der Waals surface area contributed by atoms with Crippen molar-refractivity contribution in [3.05, 3.63) is 45.4 Å². The highest BCUT2D eigenvalue weighted by Gasteiger charge is 2.69. The first-order chi connectivity index (χ1) is 17.5. The lowest BCUT2D eigenvalue weighted by Gasteiger charge is -2.66. The number of fused-ring (bicyclic) bond motifs is 1. The summed E-state index contributed by atoms with van der Waals surface area (Å²) in [5.74, 6) is -0.470. The Morgan fingerprint density at radius 1 is 1.08 bits per heavy atom. The van der Waals surface area contributed by atoms with Crippen molar-refractivity contribution in [1.82, 2.24) is 19.1 Å².